The van der Waals surface area contributed by atoms with Gasteiger partial charge in [-0.25, -0.2) is 0 Å². The minimum absolute atomic E-state index is 0.706. The van der Waals surface area contributed by atoms with Crippen LogP contribution in [0.15, 0.2) is 24.3 Å². The topological polar surface area (TPSA) is 26.3 Å². The molecular formula is C15H25O2P. The molecule has 102 valence electrons. The largest absolute Gasteiger partial charge is 0.443 e. The zero-order valence-corrected chi connectivity index (χ0v) is 12.7. The fraction of sp³-hybridized carbons (Fsp3) is 0.600. The summed E-state index contributed by atoms with van der Waals surface area (Å²) in [5, 5.41) is 0. The van der Waals surface area contributed by atoms with Crippen molar-refractivity contribution in [2.75, 3.05) is 12.3 Å². The SMILES string of the molecule is CCCCP(=O)(CCCC)Oc1cccc(C)c1. The zero-order chi connectivity index (χ0) is 13.4. The number of rotatable bonds is 8. The second kappa shape index (κ2) is 7.63. The standard InChI is InChI=1S/C15H25O2P/c1-4-6-11-18(16,12-7-5-2)17-15-10-8-9-14(3)13-15/h8-10,13H,4-7,11-12H2,1-3H3. The van der Waals surface area contributed by atoms with Crippen molar-refractivity contribution < 1.29 is 9.09 Å². The van der Waals surface area contributed by atoms with Crippen LogP contribution in [0.5, 0.6) is 5.75 Å². The van der Waals surface area contributed by atoms with Crippen LogP contribution in [0.3, 0.4) is 0 Å². The third kappa shape index (κ3) is 5.27. The molecule has 0 aromatic heterocycles. The molecule has 0 aliphatic carbocycles. The summed E-state index contributed by atoms with van der Waals surface area (Å²) < 4.78 is 18.6. The molecule has 1 rings (SSSR count). The van der Waals surface area contributed by atoms with E-state index in [4.69, 9.17) is 4.52 Å². The van der Waals surface area contributed by atoms with Gasteiger partial charge < -0.3 is 4.52 Å². The first-order chi connectivity index (χ1) is 8.59. The van der Waals surface area contributed by atoms with Crippen LogP contribution in [0.1, 0.15) is 45.1 Å². The normalized spacial score (nSPS) is 11.5. The molecule has 0 heterocycles. The monoisotopic (exact) mass is 268 g/mol. The maximum absolute atomic E-state index is 12.8. The van der Waals surface area contributed by atoms with Crippen molar-refractivity contribution in [1.29, 1.82) is 0 Å². The Morgan fingerprint density at radius 3 is 2.22 bits per heavy atom. The molecule has 0 aliphatic heterocycles. The maximum atomic E-state index is 12.8. The lowest BCUT2D eigenvalue weighted by Gasteiger charge is -2.19. The van der Waals surface area contributed by atoms with Crippen LogP contribution in [0.4, 0.5) is 0 Å². The summed E-state index contributed by atoms with van der Waals surface area (Å²) in [6.45, 7) is 6.27. The molecule has 2 nitrogen and oxygen atoms in total. The van der Waals surface area contributed by atoms with Gasteiger partial charge in [0.2, 0.25) is 7.37 Å². The lowest BCUT2D eigenvalue weighted by Crippen LogP contribution is -2.03. The summed E-state index contributed by atoms with van der Waals surface area (Å²) >= 11 is 0. The first kappa shape index (κ1) is 15.3. The van der Waals surface area contributed by atoms with Gasteiger partial charge in [0.1, 0.15) is 5.75 Å². The summed E-state index contributed by atoms with van der Waals surface area (Å²) in [5.74, 6) is 0.755. The molecule has 0 bridgehead atoms. The van der Waals surface area contributed by atoms with Crippen LogP contribution >= 0.6 is 7.37 Å². The lowest BCUT2D eigenvalue weighted by atomic mass is 10.2. The van der Waals surface area contributed by atoms with E-state index in [0.29, 0.717) is 12.3 Å². The Morgan fingerprint density at radius 2 is 1.72 bits per heavy atom. The smallest absolute Gasteiger partial charge is 0.247 e. The van der Waals surface area contributed by atoms with Crippen molar-refractivity contribution in [3.05, 3.63) is 29.8 Å². The van der Waals surface area contributed by atoms with Gasteiger partial charge in [0.05, 0.1) is 0 Å². The third-order valence-corrected chi connectivity index (χ3v) is 5.50. The Morgan fingerprint density at radius 1 is 1.11 bits per heavy atom. The molecule has 1 aromatic rings. The number of benzene rings is 1. The van der Waals surface area contributed by atoms with Gasteiger partial charge in [0.15, 0.2) is 0 Å². The number of unbranched alkanes of at least 4 members (excludes halogenated alkanes) is 2. The molecule has 0 fully saturated rings. The Hall–Kier alpha value is -0.750. The molecule has 1 aromatic carbocycles. The van der Waals surface area contributed by atoms with E-state index in [-0.39, 0.29) is 0 Å². The van der Waals surface area contributed by atoms with E-state index >= 15 is 0 Å². The summed E-state index contributed by atoms with van der Waals surface area (Å²) in [4.78, 5) is 0. The number of aryl methyl sites for hydroxylation is 1. The summed E-state index contributed by atoms with van der Waals surface area (Å²) in [6.07, 6.45) is 5.50. The van der Waals surface area contributed by atoms with E-state index in [2.05, 4.69) is 13.8 Å². The predicted octanol–water partition coefficient (Wildman–Crippen LogP) is 5.25. The second-order valence-electron chi connectivity index (χ2n) is 4.88. The second-order valence-corrected chi connectivity index (χ2v) is 7.58. The average molecular weight is 268 g/mol. The van der Waals surface area contributed by atoms with Crippen molar-refractivity contribution in [1.82, 2.24) is 0 Å². The highest BCUT2D eigenvalue weighted by atomic mass is 31.2. The molecule has 0 spiro atoms. The average Bonchev–Trinajstić information content (AvgIpc) is 2.34. The predicted molar refractivity (Wildman–Crippen MR) is 79.0 cm³/mol. The quantitative estimate of drug-likeness (QED) is 0.602. The highest BCUT2D eigenvalue weighted by Crippen LogP contribution is 2.48. The first-order valence-corrected chi connectivity index (χ1v) is 8.93. The molecular weight excluding hydrogens is 243 g/mol. The highest BCUT2D eigenvalue weighted by Gasteiger charge is 2.23. The Kier molecular flexibility index (Phi) is 6.49. The summed E-state index contributed by atoms with van der Waals surface area (Å²) in [7, 11) is -2.49. The van der Waals surface area contributed by atoms with Crippen LogP contribution in [0, 0.1) is 6.92 Å². The van der Waals surface area contributed by atoms with Gasteiger partial charge in [-0.2, -0.15) is 0 Å². The zero-order valence-electron chi connectivity index (χ0n) is 11.8. The van der Waals surface area contributed by atoms with E-state index < -0.39 is 7.37 Å². The molecule has 18 heavy (non-hydrogen) atoms. The Balaban J connectivity index is 2.73. The van der Waals surface area contributed by atoms with Crippen molar-refractivity contribution in [2.24, 2.45) is 0 Å². The van der Waals surface area contributed by atoms with Crippen LogP contribution in [0.2, 0.25) is 0 Å². The number of hydrogen-bond donors (Lipinski definition) is 0. The molecule has 0 amide bonds. The molecule has 0 radical (unpaired) electrons. The van der Waals surface area contributed by atoms with Gasteiger partial charge in [0.25, 0.3) is 0 Å². The molecule has 0 saturated carbocycles. The van der Waals surface area contributed by atoms with E-state index in [9.17, 15) is 4.57 Å². The van der Waals surface area contributed by atoms with Crippen LogP contribution in [-0.4, -0.2) is 12.3 Å². The van der Waals surface area contributed by atoms with Gasteiger partial charge in [-0.05, 0) is 37.5 Å². The molecule has 0 atom stereocenters. The molecule has 0 aliphatic rings. The highest BCUT2D eigenvalue weighted by molar-refractivity contribution is 7.59. The van der Waals surface area contributed by atoms with Gasteiger partial charge in [-0.15, -0.1) is 0 Å². The van der Waals surface area contributed by atoms with E-state index in [1.54, 1.807) is 0 Å². The van der Waals surface area contributed by atoms with Gasteiger partial charge in [-0.1, -0.05) is 38.8 Å². The van der Waals surface area contributed by atoms with Crippen molar-refractivity contribution >= 4 is 7.37 Å². The van der Waals surface area contributed by atoms with Crippen LogP contribution in [-0.2, 0) is 4.57 Å². The fourth-order valence-electron chi connectivity index (χ4n) is 1.87. The van der Waals surface area contributed by atoms with Gasteiger partial charge >= 0.3 is 0 Å². The van der Waals surface area contributed by atoms with Gasteiger partial charge in [-0.3, -0.25) is 4.57 Å². The molecule has 0 N–H and O–H groups in total. The van der Waals surface area contributed by atoms with Crippen molar-refractivity contribution in [3.8, 4) is 5.75 Å². The Labute approximate surface area is 111 Å². The maximum Gasteiger partial charge on any atom is 0.247 e. The summed E-state index contributed by atoms with van der Waals surface area (Å²) in [5.41, 5.74) is 1.14. The molecule has 0 saturated heterocycles. The van der Waals surface area contributed by atoms with Crippen molar-refractivity contribution in [2.45, 2.75) is 46.5 Å². The van der Waals surface area contributed by atoms with Crippen LogP contribution < -0.4 is 4.52 Å². The number of hydrogen-bond acceptors (Lipinski definition) is 2. The van der Waals surface area contributed by atoms with E-state index in [1.165, 1.54) is 0 Å². The minimum atomic E-state index is -2.49. The van der Waals surface area contributed by atoms with E-state index in [0.717, 1.165) is 37.0 Å². The van der Waals surface area contributed by atoms with Crippen molar-refractivity contribution in [3.63, 3.8) is 0 Å². The Bertz CT molecular complexity index is 389. The first-order valence-electron chi connectivity index (χ1n) is 6.94. The van der Waals surface area contributed by atoms with Crippen LogP contribution in [0.25, 0.3) is 0 Å². The fourth-order valence-corrected chi connectivity index (χ4v) is 4.37. The van der Waals surface area contributed by atoms with Gasteiger partial charge in [0, 0.05) is 12.3 Å². The molecule has 3 heteroatoms. The minimum Gasteiger partial charge on any atom is -0.443 e. The van der Waals surface area contributed by atoms with E-state index in [1.807, 2.05) is 31.2 Å². The molecule has 0 unspecified atom stereocenters. The lowest BCUT2D eigenvalue weighted by molar-refractivity contribution is 0.476. The summed E-state index contributed by atoms with van der Waals surface area (Å²) in [6, 6.07) is 7.84. The third-order valence-electron chi connectivity index (χ3n) is 2.97.